The first kappa shape index (κ1) is 22.1. The second-order valence-electron chi connectivity index (χ2n) is 7.17. The molecule has 0 aliphatic carbocycles. The van der Waals surface area contributed by atoms with E-state index in [1.165, 1.54) is 11.3 Å². The lowest BCUT2D eigenvalue weighted by molar-refractivity contribution is -0.135. The molecule has 1 aliphatic heterocycles. The van der Waals surface area contributed by atoms with Crippen molar-refractivity contribution in [2.45, 2.75) is 13.0 Å². The van der Waals surface area contributed by atoms with E-state index < -0.39 is 5.97 Å². The highest BCUT2D eigenvalue weighted by molar-refractivity contribution is 7.13. The number of amides is 1. The Balaban J connectivity index is 1.37. The molecule has 0 saturated carbocycles. The van der Waals surface area contributed by atoms with E-state index in [4.69, 9.17) is 25.8 Å². The molecule has 0 saturated heterocycles. The second-order valence-corrected chi connectivity index (χ2v) is 8.46. The zero-order valence-corrected chi connectivity index (χ0v) is 19.2. The molecule has 1 amide bonds. The molecule has 0 N–H and O–H groups in total. The number of fused-ring (bicyclic) bond motifs is 1. The number of benzene rings is 2. The third-order valence-corrected chi connectivity index (χ3v) is 6.31. The lowest BCUT2D eigenvalue weighted by Gasteiger charge is -2.29. The van der Waals surface area contributed by atoms with Gasteiger partial charge in [0.1, 0.15) is 5.01 Å². The van der Waals surface area contributed by atoms with Crippen molar-refractivity contribution in [2.75, 3.05) is 27.4 Å². The summed E-state index contributed by atoms with van der Waals surface area (Å²) in [5.41, 5.74) is 3.08. The number of rotatable bonds is 6. The lowest BCUT2D eigenvalue weighted by atomic mass is 9.99. The summed E-state index contributed by atoms with van der Waals surface area (Å²) in [4.78, 5) is 31.0. The molecule has 166 valence electrons. The number of aromatic nitrogens is 1. The van der Waals surface area contributed by atoms with E-state index >= 15 is 0 Å². The Morgan fingerprint density at radius 1 is 1.12 bits per heavy atom. The van der Waals surface area contributed by atoms with Crippen molar-refractivity contribution >= 4 is 34.8 Å². The molecule has 3 aromatic rings. The maximum Gasteiger partial charge on any atom is 0.358 e. The van der Waals surface area contributed by atoms with Gasteiger partial charge in [-0.25, -0.2) is 9.78 Å². The highest BCUT2D eigenvalue weighted by Gasteiger charge is 2.24. The van der Waals surface area contributed by atoms with E-state index in [-0.39, 0.29) is 18.2 Å². The van der Waals surface area contributed by atoms with Gasteiger partial charge in [0, 0.05) is 29.1 Å². The van der Waals surface area contributed by atoms with Crippen LogP contribution < -0.4 is 9.47 Å². The van der Waals surface area contributed by atoms with Crippen molar-refractivity contribution in [3.05, 3.63) is 63.6 Å². The van der Waals surface area contributed by atoms with Crippen LogP contribution in [-0.4, -0.2) is 49.1 Å². The zero-order valence-electron chi connectivity index (χ0n) is 17.6. The summed E-state index contributed by atoms with van der Waals surface area (Å²) >= 11 is 7.33. The zero-order chi connectivity index (χ0) is 22.7. The van der Waals surface area contributed by atoms with Crippen LogP contribution in [0.15, 0.2) is 41.8 Å². The number of carbonyl (C=O) groups excluding carboxylic acids is 2. The number of ether oxygens (including phenoxy) is 3. The molecular weight excluding hydrogens is 452 g/mol. The van der Waals surface area contributed by atoms with Gasteiger partial charge in [-0.05, 0) is 41.8 Å². The molecule has 0 unspecified atom stereocenters. The quantitative estimate of drug-likeness (QED) is 0.500. The largest absolute Gasteiger partial charge is 0.493 e. The number of halogens is 1. The third-order valence-electron chi connectivity index (χ3n) is 5.18. The van der Waals surface area contributed by atoms with Crippen LogP contribution in [0, 0.1) is 0 Å². The SMILES string of the molecule is COc1cc2c(cc1OC)CN(C(=O)COC(=O)c1csc(-c3cccc(Cl)c3)n1)CC2. The van der Waals surface area contributed by atoms with Gasteiger partial charge >= 0.3 is 5.97 Å². The minimum Gasteiger partial charge on any atom is -0.493 e. The monoisotopic (exact) mass is 472 g/mol. The minimum atomic E-state index is -0.633. The van der Waals surface area contributed by atoms with Crippen molar-refractivity contribution in [3.8, 4) is 22.1 Å². The first-order chi connectivity index (χ1) is 15.5. The molecule has 1 aliphatic rings. The maximum atomic E-state index is 12.6. The average Bonchev–Trinajstić information content (AvgIpc) is 3.31. The van der Waals surface area contributed by atoms with Gasteiger partial charge in [0.05, 0.1) is 14.2 Å². The Kier molecular flexibility index (Phi) is 6.62. The molecule has 32 heavy (non-hydrogen) atoms. The van der Waals surface area contributed by atoms with E-state index in [2.05, 4.69) is 4.98 Å². The Hall–Kier alpha value is -3.10. The van der Waals surface area contributed by atoms with Crippen LogP contribution in [0.5, 0.6) is 11.5 Å². The summed E-state index contributed by atoms with van der Waals surface area (Å²) in [5.74, 6) is 0.391. The van der Waals surface area contributed by atoms with Crippen LogP contribution >= 0.6 is 22.9 Å². The van der Waals surface area contributed by atoms with Gasteiger partial charge in [-0.3, -0.25) is 4.79 Å². The molecule has 0 bridgehead atoms. The first-order valence-electron chi connectivity index (χ1n) is 9.88. The highest BCUT2D eigenvalue weighted by atomic mass is 35.5. The van der Waals surface area contributed by atoms with Crippen molar-refractivity contribution in [2.24, 2.45) is 0 Å². The van der Waals surface area contributed by atoms with Gasteiger partial charge in [0.2, 0.25) is 0 Å². The van der Waals surface area contributed by atoms with Gasteiger partial charge in [-0.1, -0.05) is 23.7 Å². The highest BCUT2D eigenvalue weighted by Crippen LogP contribution is 2.33. The molecule has 9 heteroatoms. The van der Waals surface area contributed by atoms with Crippen molar-refractivity contribution in [1.82, 2.24) is 9.88 Å². The molecule has 0 radical (unpaired) electrons. The molecule has 0 atom stereocenters. The fraction of sp³-hybridized carbons (Fsp3) is 0.261. The van der Waals surface area contributed by atoms with Gasteiger partial charge in [-0.15, -0.1) is 11.3 Å². The van der Waals surface area contributed by atoms with E-state index in [1.807, 2.05) is 24.3 Å². The van der Waals surface area contributed by atoms with Crippen molar-refractivity contribution in [1.29, 1.82) is 0 Å². The van der Waals surface area contributed by atoms with Crippen molar-refractivity contribution in [3.63, 3.8) is 0 Å². The summed E-state index contributed by atoms with van der Waals surface area (Å²) < 4.78 is 15.9. The molecule has 0 spiro atoms. The molecule has 0 fully saturated rings. The Morgan fingerprint density at radius 2 is 1.88 bits per heavy atom. The van der Waals surface area contributed by atoms with Gasteiger partial charge < -0.3 is 19.1 Å². The van der Waals surface area contributed by atoms with Crippen LogP contribution in [0.25, 0.3) is 10.6 Å². The molecule has 1 aromatic heterocycles. The van der Waals surface area contributed by atoms with Crippen LogP contribution in [0.3, 0.4) is 0 Å². The van der Waals surface area contributed by atoms with Gasteiger partial charge in [0.25, 0.3) is 5.91 Å². The molecule has 2 aromatic carbocycles. The minimum absolute atomic E-state index is 0.165. The topological polar surface area (TPSA) is 78.0 Å². The Bertz CT molecular complexity index is 1160. The standard InChI is InChI=1S/C23H21ClN2O5S/c1-29-19-9-14-6-7-26(11-16(14)10-20(19)30-2)21(27)12-31-23(28)18-13-32-22(25-18)15-4-3-5-17(24)8-15/h3-5,8-10,13H,6-7,11-12H2,1-2H3. The summed E-state index contributed by atoms with van der Waals surface area (Å²) in [6.07, 6.45) is 0.685. The van der Waals surface area contributed by atoms with E-state index in [1.54, 1.807) is 36.6 Å². The van der Waals surface area contributed by atoms with E-state index in [0.29, 0.717) is 41.0 Å². The average molecular weight is 473 g/mol. The van der Waals surface area contributed by atoms with Gasteiger partial charge in [-0.2, -0.15) is 0 Å². The third kappa shape index (κ3) is 4.71. The van der Waals surface area contributed by atoms with E-state index in [9.17, 15) is 9.59 Å². The number of nitrogens with zero attached hydrogens (tertiary/aromatic N) is 2. The van der Waals surface area contributed by atoms with E-state index in [0.717, 1.165) is 16.7 Å². The number of hydrogen-bond acceptors (Lipinski definition) is 7. The smallest absolute Gasteiger partial charge is 0.358 e. The fourth-order valence-electron chi connectivity index (χ4n) is 3.51. The first-order valence-corrected chi connectivity index (χ1v) is 11.1. The lowest BCUT2D eigenvalue weighted by Crippen LogP contribution is -2.38. The Labute approximate surface area is 194 Å². The van der Waals surface area contributed by atoms with Crippen molar-refractivity contribution < 1.29 is 23.8 Å². The number of esters is 1. The second kappa shape index (κ2) is 9.58. The normalized spacial score (nSPS) is 12.8. The van der Waals surface area contributed by atoms with Crippen LogP contribution in [-0.2, 0) is 22.5 Å². The Morgan fingerprint density at radius 3 is 2.59 bits per heavy atom. The number of methoxy groups -OCH3 is 2. The number of hydrogen-bond donors (Lipinski definition) is 0. The summed E-state index contributed by atoms with van der Waals surface area (Å²) in [5, 5.41) is 2.86. The molecule has 2 heterocycles. The molecule has 7 nitrogen and oxygen atoms in total. The number of thiazole rings is 1. The predicted octanol–water partition coefficient (Wildman–Crippen LogP) is 4.22. The molecule has 4 rings (SSSR count). The summed E-state index contributed by atoms with van der Waals surface area (Å²) in [6.45, 7) is 0.613. The maximum absolute atomic E-state index is 12.6. The predicted molar refractivity (Wildman–Crippen MR) is 122 cm³/mol. The fourth-order valence-corrected chi connectivity index (χ4v) is 4.49. The van der Waals surface area contributed by atoms with Gasteiger partial charge in [0.15, 0.2) is 23.8 Å². The van der Waals surface area contributed by atoms with Crippen LogP contribution in [0.2, 0.25) is 5.02 Å². The summed E-state index contributed by atoms with van der Waals surface area (Å²) in [6, 6.07) is 11.0. The van der Waals surface area contributed by atoms with Crippen LogP contribution in [0.1, 0.15) is 21.6 Å². The number of carbonyl (C=O) groups is 2. The summed E-state index contributed by atoms with van der Waals surface area (Å²) in [7, 11) is 3.17. The molecular formula is C23H21ClN2O5S. The van der Waals surface area contributed by atoms with Crippen LogP contribution in [0.4, 0.5) is 0 Å².